The second kappa shape index (κ2) is 4.49. The number of rotatable bonds is 3. The molecule has 3 nitrogen and oxygen atoms in total. The Morgan fingerprint density at radius 3 is 2.82 bits per heavy atom. The zero-order chi connectivity index (χ0) is 11.7. The molecule has 2 aliphatic rings. The standard InChI is InChI=1S/C14H18N2O/c17-14(16-8-10-5-6-10)13-7-11-3-1-2-4-12(11)9-15-13/h1-4,10,13,15H,5-9H2,(H,16,17). The maximum Gasteiger partial charge on any atom is 0.237 e. The summed E-state index contributed by atoms with van der Waals surface area (Å²) in [6.07, 6.45) is 3.37. The van der Waals surface area contributed by atoms with E-state index in [1.807, 2.05) is 12.1 Å². The van der Waals surface area contributed by atoms with Gasteiger partial charge in [0.1, 0.15) is 0 Å². The second-order valence-corrected chi connectivity index (χ2v) is 5.09. The summed E-state index contributed by atoms with van der Waals surface area (Å²) >= 11 is 0. The highest BCUT2D eigenvalue weighted by Gasteiger charge is 2.26. The molecule has 1 aliphatic carbocycles. The lowest BCUT2D eigenvalue weighted by Gasteiger charge is -2.25. The molecule has 90 valence electrons. The van der Waals surface area contributed by atoms with E-state index >= 15 is 0 Å². The monoisotopic (exact) mass is 230 g/mol. The van der Waals surface area contributed by atoms with Gasteiger partial charge in [0.05, 0.1) is 6.04 Å². The highest BCUT2D eigenvalue weighted by molar-refractivity contribution is 5.82. The maximum atomic E-state index is 12.0. The first-order valence-electron chi connectivity index (χ1n) is 6.41. The van der Waals surface area contributed by atoms with Gasteiger partial charge in [0, 0.05) is 13.1 Å². The molecule has 1 fully saturated rings. The van der Waals surface area contributed by atoms with Crippen LogP contribution in [0, 0.1) is 5.92 Å². The molecule has 0 aromatic heterocycles. The number of fused-ring (bicyclic) bond motifs is 1. The summed E-state index contributed by atoms with van der Waals surface area (Å²) in [6.45, 7) is 1.66. The summed E-state index contributed by atoms with van der Waals surface area (Å²) < 4.78 is 0. The Hall–Kier alpha value is -1.35. The quantitative estimate of drug-likeness (QED) is 0.820. The minimum atomic E-state index is -0.0522. The molecule has 3 rings (SSSR count). The number of nitrogens with one attached hydrogen (secondary N) is 2. The van der Waals surface area contributed by atoms with Crippen molar-refractivity contribution < 1.29 is 4.79 Å². The van der Waals surface area contributed by atoms with E-state index in [-0.39, 0.29) is 11.9 Å². The molecule has 3 heteroatoms. The van der Waals surface area contributed by atoms with Crippen molar-refractivity contribution in [2.24, 2.45) is 5.92 Å². The van der Waals surface area contributed by atoms with E-state index in [0.717, 1.165) is 25.4 Å². The number of amides is 1. The third-order valence-electron chi connectivity index (χ3n) is 3.66. The van der Waals surface area contributed by atoms with Crippen LogP contribution in [0.1, 0.15) is 24.0 Å². The van der Waals surface area contributed by atoms with Crippen LogP contribution in [0.2, 0.25) is 0 Å². The van der Waals surface area contributed by atoms with E-state index in [1.165, 1.54) is 24.0 Å². The second-order valence-electron chi connectivity index (χ2n) is 5.09. The Bertz CT molecular complexity index is 426. The maximum absolute atomic E-state index is 12.0. The van der Waals surface area contributed by atoms with Gasteiger partial charge in [-0.15, -0.1) is 0 Å². The molecule has 0 radical (unpaired) electrons. The van der Waals surface area contributed by atoms with E-state index in [2.05, 4.69) is 22.8 Å². The molecule has 1 aromatic carbocycles. The molecular formula is C14H18N2O. The van der Waals surface area contributed by atoms with Crippen molar-refractivity contribution >= 4 is 5.91 Å². The third-order valence-corrected chi connectivity index (χ3v) is 3.66. The lowest BCUT2D eigenvalue weighted by Crippen LogP contribution is -2.48. The van der Waals surface area contributed by atoms with E-state index in [0.29, 0.717) is 0 Å². The zero-order valence-corrected chi connectivity index (χ0v) is 9.91. The van der Waals surface area contributed by atoms with Gasteiger partial charge < -0.3 is 10.6 Å². The van der Waals surface area contributed by atoms with Crippen LogP contribution < -0.4 is 10.6 Å². The minimum absolute atomic E-state index is 0.0522. The summed E-state index contributed by atoms with van der Waals surface area (Å²) in [7, 11) is 0. The van der Waals surface area contributed by atoms with Gasteiger partial charge in [-0.2, -0.15) is 0 Å². The molecule has 2 N–H and O–H groups in total. The van der Waals surface area contributed by atoms with Gasteiger partial charge in [0.15, 0.2) is 0 Å². The topological polar surface area (TPSA) is 41.1 Å². The van der Waals surface area contributed by atoms with Crippen LogP contribution in [0.4, 0.5) is 0 Å². The van der Waals surface area contributed by atoms with Crippen molar-refractivity contribution in [2.75, 3.05) is 6.54 Å². The van der Waals surface area contributed by atoms with Crippen LogP contribution in [0.3, 0.4) is 0 Å². The first-order valence-corrected chi connectivity index (χ1v) is 6.41. The molecule has 0 spiro atoms. The van der Waals surface area contributed by atoms with Gasteiger partial charge in [0.2, 0.25) is 5.91 Å². The zero-order valence-electron chi connectivity index (χ0n) is 9.91. The van der Waals surface area contributed by atoms with Crippen LogP contribution in [0.15, 0.2) is 24.3 Å². The van der Waals surface area contributed by atoms with Crippen LogP contribution in [0.5, 0.6) is 0 Å². The number of hydrogen-bond acceptors (Lipinski definition) is 2. The largest absolute Gasteiger partial charge is 0.354 e. The van der Waals surface area contributed by atoms with Gasteiger partial charge in [-0.25, -0.2) is 0 Å². The number of carbonyl (C=O) groups is 1. The molecule has 1 unspecified atom stereocenters. The summed E-state index contributed by atoms with van der Waals surface area (Å²) in [5.41, 5.74) is 2.62. The average molecular weight is 230 g/mol. The molecule has 1 heterocycles. The molecule has 0 bridgehead atoms. The fraction of sp³-hybridized carbons (Fsp3) is 0.500. The molecule has 1 amide bonds. The number of benzene rings is 1. The van der Waals surface area contributed by atoms with Crippen molar-refractivity contribution in [3.05, 3.63) is 35.4 Å². The normalized spacial score (nSPS) is 22.9. The molecule has 1 saturated carbocycles. The van der Waals surface area contributed by atoms with Gasteiger partial charge in [-0.05, 0) is 36.3 Å². The average Bonchev–Trinajstić information content (AvgIpc) is 3.19. The van der Waals surface area contributed by atoms with Crippen molar-refractivity contribution in [1.82, 2.24) is 10.6 Å². The predicted octanol–water partition coefficient (Wildman–Crippen LogP) is 1.23. The Balaban J connectivity index is 1.60. The predicted molar refractivity (Wildman–Crippen MR) is 66.5 cm³/mol. The highest BCUT2D eigenvalue weighted by Crippen LogP contribution is 2.27. The van der Waals surface area contributed by atoms with E-state index in [4.69, 9.17) is 0 Å². The molecule has 1 aromatic rings. The Labute approximate surface area is 102 Å². The van der Waals surface area contributed by atoms with Gasteiger partial charge in [-0.3, -0.25) is 4.79 Å². The first-order chi connectivity index (χ1) is 8.33. The van der Waals surface area contributed by atoms with Gasteiger partial charge in [0.25, 0.3) is 0 Å². The molecule has 1 aliphatic heterocycles. The summed E-state index contributed by atoms with van der Waals surface area (Å²) in [5, 5.41) is 6.35. The van der Waals surface area contributed by atoms with Gasteiger partial charge >= 0.3 is 0 Å². The number of hydrogen-bond donors (Lipinski definition) is 2. The van der Waals surface area contributed by atoms with Crippen molar-refractivity contribution in [3.8, 4) is 0 Å². The summed E-state index contributed by atoms with van der Waals surface area (Å²) in [6, 6.07) is 8.29. The Kier molecular flexibility index (Phi) is 2.85. The van der Waals surface area contributed by atoms with Crippen LogP contribution >= 0.6 is 0 Å². The molecule has 17 heavy (non-hydrogen) atoms. The van der Waals surface area contributed by atoms with Crippen molar-refractivity contribution in [2.45, 2.75) is 31.8 Å². The first kappa shape index (κ1) is 10.8. The van der Waals surface area contributed by atoms with E-state index in [1.54, 1.807) is 0 Å². The minimum Gasteiger partial charge on any atom is -0.354 e. The van der Waals surface area contributed by atoms with Crippen molar-refractivity contribution in [1.29, 1.82) is 0 Å². The van der Waals surface area contributed by atoms with Crippen molar-refractivity contribution in [3.63, 3.8) is 0 Å². The van der Waals surface area contributed by atoms with Crippen LogP contribution in [-0.2, 0) is 17.8 Å². The lowest BCUT2D eigenvalue weighted by atomic mass is 9.95. The van der Waals surface area contributed by atoms with Crippen LogP contribution in [0.25, 0.3) is 0 Å². The van der Waals surface area contributed by atoms with E-state index < -0.39 is 0 Å². The fourth-order valence-corrected chi connectivity index (χ4v) is 2.33. The van der Waals surface area contributed by atoms with Gasteiger partial charge in [-0.1, -0.05) is 24.3 Å². The van der Waals surface area contributed by atoms with E-state index in [9.17, 15) is 4.79 Å². The lowest BCUT2D eigenvalue weighted by molar-refractivity contribution is -0.123. The smallest absolute Gasteiger partial charge is 0.237 e. The van der Waals surface area contributed by atoms with Crippen LogP contribution in [-0.4, -0.2) is 18.5 Å². The summed E-state index contributed by atoms with van der Waals surface area (Å²) in [5.74, 6) is 0.904. The SMILES string of the molecule is O=C(NCC1CC1)C1Cc2ccccc2CN1. The highest BCUT2D eigenvalue weighted by atomic mass is 16.2. The Morgan fingerprint density at radius 2 is 2.06 bits per heavy atom. The molecular weight excluding hydrogens is 212 g/mol. The Morgan fingerprint density at radius 1 is 1.29 bits per heavy atom. The molecule has 1 atom stereocenters. The number of carbonyl (C=O) groups excluding carboxylic acids is 1. The molecule has 0 saturated heterocycles. The summed E-state index contributed by atoms with van der Waals surface area (Å²) in [4.78, 5) is 12.0. The third kappa shape index (κ3) is 2.50. The fourth-order valence-electron chi connectivity index (χ4n) is 2.33.